The van der Waals surface area contributed by atoms with E-state index in [0.717, 1.165) is 30.0 Å². The number of nitrogens with one attached hydrogen (secondary N) is 1. The number of hydrogen-bond donors (Lipinski definition) is 1. The first-order chi connectivity index (χ1) is 14.1. The van der Waals surface area contributed by atoms with Crippen molar-refractivity contribution in [2.24, 2.45) is 7.05 Å². The summed E-state index contributed by atoms with van der Waals surface area (Å²) in [5.74, 6) is 0.957. The predicted molar refractivity (Wildman–Crippen MR) is 112 cm³/mol. The van der Waals surface area contributed by atoms with Crippen molar-refractivity contribution in [3.63, 3.8) is 0 Å². The van der Waals surface area contributed by atoms with E-state index >= 15 is 0 Å². The van der Waals surface area contributed by atoms with Crippen LogP contribution in [0.1, 0.15) is 12.8 Å². The molecule has 0 radical (unpaired) electrons. The number of thioether (sulfide) groups is 1. The number of anilines is 2. The van der Waals surface area contributed by atoms with Crippen LogP contribution >= 0.6 is 11.8 Å². The van der Waals surface area contributed by atoms with E-state index in [0.29, 0.717) is 17.3 Å². The van der Waals surface area contributed by atoms with Gasteiger partial charge in [0.25, 0.3) is 0 Å². The molecule has 8 nitrogen and oxygen atoms in total. The van der Waals surface area contributed by atoms with E-state index in [2.05, 4.69) is 20.5 Å². The lowest BCUT2D eigenvalue weighted by atomic mass is 10.2. The van der Waals surface area contributed by atoms with E-state index in [1.807, 2.05) is 48.0 Å². The minimum Gasteiger partial charge on any atom is -0.325 e. The minimum atomic E-state index is -0.131. The molecular weight excluding hydrogens is 388 g/mol. The lowest BCUT2D eigenvalue weighted by molar-refractivity contribution is -0.117. The van der Waals surface area contributed by atoms with E-state index in [9.17, 15) is 9.59 Å². The molecule has 2 aromatic heterocycles. The van der Waals surface area contributed by atoms with Crippen LogP contribution in [-0.4, -0.2) is 43.9 Å². The molecule has 9 heteroatoms. The van der Waals surface area contributed by atoms with E-state index in [4.69, 9.17) is 0 Å². The summed E-state index contributed by atoms with van der Waals surface area (Å²) in [5, 5.41) is 11.9. The Morgan fingerprint density at radius 3 is 2.59 bits per heavy atom. The van der Waals surface area contributed by atoms with Crippen LogP contribution in [0, 0.1) is 0 Å². The van der Waals surface area contributed by atoms with Crippen LogP contribution in [0.15, 0.2) is 53.9 Å². The van der Waals surface area contributed by atoms with Crippen molar-refractivity contribution in [2.75, 3.05) is 22.5 Å². The van der Waals surface area contributed by atoms with Crippen molar-refractivity contribution < 1.29 is 9.59 Å². The molecule has 3 heterocycles. The normalized spacial score (nSPS) is 13.7. The number of hydrogen-bond acceptors (Lipinski definition) is 6. The first-order valence-electron chi connectivity index (χ1n) is 9.25. The van der Waals surface area contributed by atoms with Gasteiger partial charge in [0.2, 0.25) is 11.8 Å². The number of rotatable bonds is 6. The average Bonchev–Trinajstić information content (AvgIpc) is 3.33. The van der Waals surface area contributed by atoms with Gasteiger partial charge in [-0.05, 0) is 42.8 Å². The van der Waals surface area contributed by atoms with Crippen molar-refractivity contribution >= 4 is 35.0 Å². The molecule has 29 heavy (non-hydrogen) atoms. The highest BCUT2D eigenvalue weighted by molar-refractivity contribution is 7.99. The topological polar surface area (TPSA) is 93.0 Å². The molecule has 4 rings (SSSR count). The monoisotopic (exact) mass is 408 g/mol. The zero-order valence-corrected chi connectivity index (χ0v) is 16.7. The number of benzene rings is 1. The van der Waals surface area contributed by atoms with Crippen LogP contribution in [0.25, 0.3) is 11.4 Å². The van der Waals surface area contributed by atoms with Gasteiger partial charge >= 0.3 is 0 Å². The zero-order valence-electron chi connectivity index (χ0n) is 15.9. The second-order valence-corrected chi connectivity index (χ2v) is 7.58. The maximum atomic E-state index is 12.3. The van der Waals surface area contributed by atoms with E-state index in [1.54, 1.807) is 17.3 Å². The van der Waals surface area contributed by atoms with Crippen LogP contribution < -0.4 is 10.2 Å². The van der Waals surface area contributed by atoms with Crippen LogP contribution in [0.2, 0.25) is 0 Å². The van der Waals surface area contributed by atoms with Crippen molar-refractivity contribution in [1.82, 2.24) is 19.7 Å². The van der Waals surface area contributed by atoms with Gasteiger partial charge in [0.15, 0.2) is 11.0 Å². The molecular formula is C20H20N6O2S. The molecule has 1 aromatic carbocycles. The SMILES string of the molecule is Cn1c(SCC(=O)Nc2ccc(N3CCCC3=O)cc2)nnc1-c1ccncc1. The molecule has 1 saturated heterocycles. The lowest BCUT2D eigenvalue weighted by Gasteiger charge is -2.16. The molecule has 1 aliphatic heterocycles. The van der Waals surface area contributed by atoms with E-state index in [1.165, 1.54) is 11.8 Å². The molecule has 148 valence electrons. The summed E-state index contributed by atoms with van der Waals surface area (Å²) < 4.78 is 1.86. The van der Waals surface area contributed by atoms with Crippen LogP contribution in [0.4, 0.5) is 11.4 Å². The van der Waals surface area contributed by atoms with Gasteiger partial charge in [-0.1, -0.05) is 11.8 Å². The van der Waals surface area contributed by atoms with Crippen molar-refractivity contribution in [3.05, 3.63) is 48.8 Å². The van der Waals surface area contributed by atoms with Gasteiger partial charge in [-0.2, -0.15) is 0 Å². The summed E-state index contributed by atoms with van der Waals surface area (Å²) in [7, 11) is 1.87. The molecule has 0 spiro atoms. The number of carbonyl (C=O) groups excluding carboxylic acids is 2. The number of nitrogens with zero attached hydrogens (tertiary/aromatic N) is 5. The van der Waals surface area contributed by atoms with E-state index in [-0.39, 0.29) is 17.6 Å². The molecule has 0 atom stereocenters. The van der Waals surface area contributed by atoms with Crippen LogP contribution in [0.5, 0.6) is 0 Å². The van der Waals surface area contributed by atoms with Crippen LogP contribution in [0.3, 0.4) is 0 Å². The molecule has 3 aromatic rings. The largest absolute Gasteiger partial charge is 0.325 e. The van der Waals surface area contributed by atoms with Gasteiger partial charge in [0.1, 0.15) is 0 Å². The summed E-state index contributed by atoms with van der Waals surface area (Å²) in [6.07, 6.45) is 4.89. The Morgan fingerprint density at radius 2 is 1.90 bits per heavy atom. The van der Waals surface area contributed by atoms with Gasteiger partial charge in [-0.3, -0.25) is 14.6 Å². The number of amides is 2. The smallest absolute Gasteiger partial charge is 0.234 e. The molecule has 0 aliphatic carbocycles. The Morgan fingerprint density at radius 1 is 1.14 bits per heavy atom. The summed E-state index contributed by atoms with van der Waals surface area (Å²) in [6, 6.07) is 11.1. The molecule has 1 fully saturated rings. The highest BCUT2D eigenvalue weighted by Crippen LogP contribution is 2.24. The fourth-order valence-corrected chi connectivity index (χ4v) is 3.88. The number of carbonyl (C=O) groups is 2. The highest BCUT2D eigenvalue weighted by atomic mass is 32.2. The third kappa shape index (κ3) is 4.29. The molecule has 1 aliphatic rings. The van der Waals surface area contributed by atoms with E-state index < -0.39 is 0 Å². The van der Waals surface area contributed by atoms with Gasteiger partial charge in [-0.25, -0.2) is 0 Å². The maximum Gasteiger partial charge on any atom is 0.234 e. The average molecular weight is 408 g/mol. The van der Waals surface area contributed by atoms with Gasteiger partial charge in [0.05, 0.1) is 5.75 Å². The van der Waals surface area contributed by atoms with Crippen molar-refractivity contribution in [2.45, 2.75) is 18.0 Å². The first kappa shape index (κ1) is 19.1. The van der Waals surface area contributed by atoms with Gasteiger partial charge < -0.3 is 14.8 Å². The third-order valence-corrected chi connectivity index (χ3v) is 5.66. The Bertz CT molecular complexity index is 1020. The van der Waals surface area contributed by atoms with Crippen molar-refractivity contribution in [3.8, 4) is 11.4 Å². The molecule has 2 amide bonds. The third-order valence-electron chi connectivity index (χ3n) is 4.64. The quantitative estimate of drug-likeness (QED) is 0.631. The Labute approximate surface area is 172 Å². The maximum absolute atomic E-state index is 12.3. The lowest BCUT2D eigenvalue weighted by Crippen LogP contribution is -2.23. The zero-order chi connectivity index (χ0) is 20.2. The Kier molecular flexibility index (Phi) is 5.57. The Balaban J connectivity index is 1.34. The first-order valence-corrected chi connectivity index (χ1v) is 10.2. The van der Waals surface area contributed by atoms with Gasteiger partial charge in [-0.15, -0.1) is 10.2 Å². The molecule has 0 saturated carbocycles. The highest BCUT2D eigenvalue weighted by Gasteiger charge is 2.21. The van der Waals surface area contributed by atoms with Crippen molar-refractivity contribution in [1.29, 1.82) is 0 Å². The predicted octanol–water partition coefficient (Wildman–Crippen LogP) is 2.73. The summed E-state index contributed by atoms with van der Waals surface area (Å²) in [4.78, 5) is 29.9. The Hall–Kier alpha value is -3.20. The summed E-state index contributed by atoms with van der Waals surface area (Å²) in [6.45, 7) is 0.750. The second-order valence-electron chi connectivity index (χ2n) is 6.63. The molecule has 0 bridgehead atoms. The minimum absolute atomic E-state index is 0.131. The fraction of sp³-hybridized carbons (Fsp3) is 0.250. The summed E-state index contributed by atoms with van der Waals surface area (Å²) >= 11 is 1.32. The summed E-state index contributed by atoms with van der Waals surface area (Å²) in [5.41, 5.74) is 2.48. The molecule has 0 unspecified atom stereocenters. The fourth-order valence-electron chi connectivity index (χ4n) is 3.17. The van der Waals surface area contributed by atoms with Crippen LogP contribution in [-0.2, 0) is 16.6 Å². The molecule has 1 N–H and O–H groups in total. The number of aromatic nitrogens is 4. The van der Waals surface area contributed by atoms with Gasteiger partial charge in [0, 0.05) is 49.3 Å². The number of pyridine rings is 1. The second kappa shape index (κ2) is 8.44. The standard InChI is InChI=1S/C20H20N6O2S/c1-25-19(14-8-10-21-11-9-14)23-24-20(25)29-13-17(27)22-15-4-6-16(7-5-15)26-12-2-3-18(26)28/h4-11H,2-3,12-13H2,1H3,(H,22,27).